The molecule has 29 heavy (non-hydrogen) atoms. The Morgan fingerprint density at radius 3 is 2.90 bits per heavy atom. The second-order valence-corrected chi connectivity index (χ2v) is 9.23. The molecule has 1 atom stereocenters. The van der Waals surface area contributed by atoms with Crippen LogP contribution in [0.25, 0.3) is 6.08 Å². The summed E-state index contributed by atoms with van der Waals surface area (Å²) >= 11 is 0.867. The molecule has 3 heterocycles. The smallest absolute Gasteiger partial charge is 0.306 e. The van der Waals surface area contributed by atoms with Gasteiger partial charge in [-0.05, 0) is 69.9 Å². The van der Waals surface area contributed by atoms with Gasteiger partial charge in [-0.2, -0.15) is 0 Å². The van der Waals surface area contributed by atoms with Crippen LogP contribution >= 0.6 is 11.8 Å². The summed E-state index contributed by atoms with van der Waals surface area (Å²) in [5.74, 6) is 0.397. The summed E-state index contributed by atoms with van der Waals surface area (Å²) in [6, 6.07) is 1.71. The number of anilines is 1. The predicted octanol–water partition coefficient (Wildman–Crippen LogP) is 3.14. The van der Waals surface area contributed by atoms with Gasteiger partial charge in [-0.15, -0.1) is 0 Å². The molecule has 2 aliphatic rings. The number of nitrogens with one attached hydrogen (secondary N) is 1. The fraction of sp³-hybridized carbons (Fsp3) is 0.550. The molecule has 0 aliphatic carbocycles. The van der Waals surface area contributed by atoms with Crippen LogP contribution in [-0.2, 0) is 14.3 Å². The van der Waals surface area contributed by atoms with E-state index in [0.29, 0.717) is 28.9 Å². The van der Waals surface area contributed by atoms with Crippen LogP contribution in [0.3, 0.4) is 0 Å². The summed E-state index contributed by atoms with van der Waals surface area (Å²) in [5, 5.41) is 1.86. The van der Waals surface area contributed by atoms with E-state index in [1.54, 1.807) is 18.3 Å². The van der Waals surface area contributed by atoms with Crippen molar-refractivity contribution in [2.75, 3.05) is 18.0 Å². The highest BCUT2D eigenvalue weighted by molar-refractivity contribution is 8.18. The Balaban J connectivity index is 1.61. The normalized spacial score (nSPS) is 21.4. The number of hydrogen-bond donors (Lipinski definition) is 1. The third-order valence-electron chi connectivity index (χ3n) is 4.56. The quantitative estimate of drug-likeness (QED) is 0.575. The van der Waals surface area contributed by atoms with E-state index < -0.39 is 11.5 Å². The Morgan fingerprint density at radius 2 is 2.21 bits per heavy atom. The van der Waals surface area contributed by atoms with Crippen molar-refractivity contribution >= 4 is 40.9 Å². The summed E-state index contributed by atoms with van der Waals surface area (Å²) in [4.78, 5) is 46.4. The van der Waals surface area contributed by atoms with E-state index in [-0.39, 0.29) is 11.2 Å². The minimum absolute atomic E-state index is 0.165. The van der Waals surface area contributed by atoms with Gasteiger partial charge >= 0.3 is 5.97 Å². The summed E-state index contributed by atoms with van der Waals surface area (Å²) < 4.78 is 5.39. The Kier molecular flexibility index (Phi) is 6.56. The molecule has 9 heteroatoms. The second-order valence-electron chi connectivity index (χ2n) is 8.21. The maximum atomic E-state index is 12.0. The van der Waals surface area contributed by atoms with Crippen molar-refractivity contribution in [1.29, 1.82) is 0 Å². The lowest BCUT2D eigenvalue weighted by molar-refractivity contribution is -0.155. The summed E-state index contributed by atoms with van der Waals surface area (Å²) in [5.41, 5.74) is 0.121. The number of amides is 2. The third kappa shape index (κ3) is 6.28. The van der Waals surface area contributed by atoms with Gasteiger partial charge in [0, 0.05) is 25.7 Å². The molecule has 0 spiro atoms. The average Bonchev–Trinajstić information content (AvgIpc) is 2.96. The van der Waals surface area contributed by atoms with Crippen LogP contribution in [0.15, 0.2) is 17.2 Å². The topological polar surface area (TPSA) is 101 Å². The number of piperidine rings is 1. The van der Waals surface area contributed by atoms with E-state index in [1.807, 2.05) is 20.8 Å². The Bertz CT molecular complexity index is 834. The SMILES string of the molecule is CC(C)(C)OC(=O)CCC1CCCN(c2nccc(/C=C3\SC(=O)NC3=O)n2)C1. The van der Waals surface area contributed by atoms with E-state index in [2.05, 4.69) is 20.2 Å². The standard InChI is InChI=1S/C20H26N4O4S/c1-20(2,3)28-16(25)7-6-13-5-4-10-24(12-13)18-21-9-8-14(22-18)11-15-17(26)23-19(27)29-15/h8-9,11,13H,4-7,10,12H2,1-3H3,(H,23,26,27)/b15-11-. The number of esters is 1. The van der Waals surface area contributed by atoms with Crippen molar-refractivity contribution in [3.63, 3.8) is 0 Å². The first kappa shape index (κ1) is 21.3. The zero-order chi connectivity index (χ0) is 21.0. The molecule has 2 fully saturated rings. The highest BCUT2D eigenvalue weighted by Crippen LogP contribution is 2.27. The van der Waals surface area contributed by atoms with Crippen LogP contribution < -0.4 is 10.2 Å². The molecule has 1 N–H and O–H groups in total. The summed E-state index contributed by atoms with van der Waals surface area (Å²) in [6.45, 7) is 7.23. The van der Waals surface area contributed by atoms with Crippen molar-refractivity contribution in [3.05, 3.63) is 22.9 Å². The molecule has 2 aliphatic heterocycles. The molecule has 1 aromatic rings. The number of carbonyl (C=O) groups excluding carboxylic acids is 3. The Labute approximate surface area is 174 Å². The highest BCUT2D eigenvalue weighted by Gasteiger charge is 2.26. The molecule has 2 amide bonds. The molecule has 8 nitrogen and oxygen atoms in total. The van der Waals surface area contributed by atoms with Crippen molar-refractivity contribution in [3.8, 4) is 0 Å². The predicted molar refractivity (Wildman–Crippen MR) is 111 cm³/mol. The molecule has 1 aromatic heterocycles. The lowest BCUT2D eigenvalue weighted by atomic mass is 9.93. The number of nitrogens with zero attached hydrogens (tertiary/aromatic N) is 3. The van der Waals surface area contributed by atoms with Gasteiger partial charge < -0.3 is 9.64 Å². The fourth-order valence-electron chi connectivity index (χ4n) is 3.35. The van der Waals surface area contributed by atoms with Crippen molar-refractivity contribution in [1.82, 2.24) is 15.3 Å². The first-order valence-electron chi connectivity index (χ1n) is 9.74. The molecule has 0 bridgehead atoms. The van der Waals surface area contributed by atoms with Gasteiger partial charge in [0.15, 0.2) is 0 Å². The van der Waals surface area contributed by atoms with E-state index >= 15 is 0 Å². The number of aromatic nitrogens is 2. The lowest BCUT2D eigenvalue weighted by Crippen LogP contribution is -2.37. The van der Waals surface area contributed by atoms with Gasteiger partial charge in [-0.3, -0.25) is 19.7 Å². The number of rotatable bonds is 5. The number of imide groups is 1. The maximum absolute atomic E-state index is 12.0. The first-order chi connectivity index (χ1) is 13.7. The molecule has 0 saturated carbocycles. The minimum Gasteiger partial charge on any atom is -0.460 e. The molecular formula is C20H26N4O4S. The third-order valence-corrected chi connectivity index (χ3v) is 5.37. The van der Waals surface area contributed by atoms with Gasteiger partial charge in [0.25, 0.3) is 11.1 Å². The number of ether oxygens (including phenoxy) is 1. The minimum atomic E-state index is -0.461. The molecule has 2 saturated heterocycles. The Morgan fingerprint density at radius 1 is 1.41 bits per heavy atom. The van der Waals surface area contributed by atoms with Crippen LogP contribution in [0.4, 0.5) is 10.7 Å². The molecular weight excluding hydrogens is 392 g/mol. The van der Waals surface area contributed by atoms with E-state index in [1.165, 1.54) is 0 Å². The molecule has 0 aromatic carbocycles. The lowest BCUT2D eigenvalue weighted by Gasteiger charge is -2.33. The largest absolute Gasteiger partial charge is 0.460 e. The average molecular weight is 419 g/mol. The summed E-state index contributed by atoms with van der Waals surface area (Å²) in [7, 11) is 0. The van der Waals surface area contributed by atoms with E-state index in [0.717, 1.165) is 44.1 Å². The molecule has 1 unspecified atom stereocenters. The van der Waals surface area contributed by atoms with Crippen LogP contribution in [0, 0.1) is 5.92 Å². The van der Waals surface area contributed by atoms with Crippen molar-refractivity contribution < 1.29 is 19.1 Å². The number of thioether (sulfide) groups is 1. The van der Waals surface area contributed by atoms with E-state index in [4.69, 9.17) is 4.74 Å². The van der Waals surface area contributed by atoms with Crippen LogP contribution in [0.2, 0.25) is 0 Å². The van der Waals surface area contributed by atoms with Crippen LogP contribution in [-0.4, -0.2) is 45.8 Å². The monoisotopic (exact) mass is 418 g/mol. The Hall–Kier alpha value is -2.42. The zero-order valence-electron chi connectivity index (χ0n) is 16.9. The molecule has 0 radical (unpaired) electrons. The van der Waals surface area contributed by atoms with Crippen LogP contribution in [0.5, 0.6) is 0 Å². The first-order valence-corrected chi connectivity index (χ1v) is 10.6. The van der Waals surface area contributed by atoms with Crippen molar-refractivity contribution in [2.24, 2.45) is 5.92 Å². The fourth-order valence-corrected chi connectivity index (χ4v) is 4.01. The van der Waals surface area contributed by atoms with Crippen molar-refractivity contribution in [2.45, 2.75) is 52.1 Å². The number of carbonyl (C=O) groups is 3. The van der Waals surface area contributed by atoms with Gasteiger partial charge in [-0.1, -0.05) is 0 Å². The van der Waals surface area contributed by atoms with Crippen LogP contribution in [0.1, 0.15) is 52.1 Å². The number of hydrogen-bond acceptors (Lipinski definition) is 8. The highest BCUT2D eigenvalue weighted by atomic mass is 32.2. The van der Waals surface area contributed by atoms with Gasteiger partial charge in [-0.25, -0.2) is 9.97 Å². The van der Waals surface area contributed by atoms with E-state index in [9.17, 15) is 14.4 Å². The summed E-state index contributed by atoms with van der Waals surface area (Å²) in [6.07, 6.45) is 6.48. The molecule has 3 rings (SSSR count). The van der Waals surface area contributed by atoms with Gasteiger partial charge in [0.2, 0.25) is 5.95 Å². The maximum Gasteiger partial charge on any atom is 0.306 e. The van der Waals surface area contributed by atoms with Gasteiger partial charge in [0.1, 0.15) is 5.60 Å². The van der Waals surface area contributed by atoms with Gasteiger partial charge in [0.05, 0.1) is 10.6 Å². The molecule has 156 valence electrons. The second kappa shape index (κ2) is 8.94. The zero-order valence-corrected chi connectivity index (χ0v) is 17.8.